The minimum atomic E-state index is -0.776. The first-order valence-electron chi connectivity index (χ1n) is 9.28. The summed E-state index contributed by atoms with van der Waals surface area (Å²) in [6.45, 7) is 2.79. The third-order valence-electron chi connectivity index (χ3n) is 5.20. The SMILES string of the molecule is Cc1ccc(C2C(C(=O)Nc3cnn(CC4CC4)c3)OCC(=O)N2C)cc1. The predicted molar refractivity (Wildman–Crippen MR) is 100 cm³/mol. The molecule has 1 N–H and O–H groups in total. The standard InChI is InChI=1S/C20H24N4O3/c1-13-3-7-15(8-4-13)18-19(27-12-17(25)23(18)2)20(26)22-16-9-21-24(11-16)10-14-5-6-14/h3-4,7-9,11,14,18-19H,5-6,10,12H2,1-2H3,(H,22,26). The molecule has 2 fully saturated rings. The van der Waals surface area contributed by atoms with Gasteiger partial charge in [-0.25, -0.2) is 0 Å². The van der Waals surface area contributed by atoms with Gasteiger partial charge in [-0.2, -0.15) is 5.10 Å². The van der Waals surface area contributed by atoms with Crippen LogP contribution in [0.3, 0.4) is 0 Å². The minimum Gasteiger partial charge on any atom is -0.356 e. The van der Waals surface area contributed by atoms with E-state index in [-0.39, 0.29) is 18.4 Å². The van der Waals surface area contributed by atoms with Crippen molar-refractivity contribution in [3.05, 3.63) is 47.8 Å². The molecule has 2 aliphatic rings. The number of carbonyl (C=O) groups excluding carboxylic acids is 2. The normalized spacial score (nSPS) is 22.7. The zero-order chi connectivity index (χ0) is 19.0. The second-order valence-electron chi connectivity index (χ2n) is 7.48. The number of hydrogen-bond acceptors (Lipinski definition) is 4. The summed E-state index contributed by atoms with van der Waals surface area (Å²) in [5.74, 6) is 0.300. The number of ether oxygens (including phenoxy) is 1. The Morgan fingerprint density at radius 3 is 2.74 bits per heavy atom. The lowest BCUT2D eigenvalue weighted by atomic mass is 9.96. The number of likely N-dealkylation sites (N-methyl/N-ethyl adjacent to an activating group) is 1. The lowest BCUT2D eigenvalue weighted by Crippen LogP contribution is -2.51. The number of rotatable bonds is 5. The molecule has 2 amide bonds. The van der Waals surface area contributed by atoms with Gasteiger partial charge in [0.2, 0.25) is 5.91 Å². The average molecular weight is 368 g/mol. The van der Waals surface area contributed by atoms with Crippen molar-refractivity contribution < 1.29 is 14.3 Å². The molecule has 4 rings (SSSR count). The van der Waals surface area contributed by atoms with Crippen molar-refractivity contribution in [3.8, 4) is 0 Å². The first-order valence-corrected chi connectivity index (χ1v) is 9.28. The Labute approximate surface area is 158 Å². The van der Waals surface area contributed by atoms with E-state index in [9.17, 15) is 9.59 Å². The van der Waals surface area contributed by atoms with Crippen LogP contribution in [0.15, 0.2) is 36.7 Å². The quantitative estimate of drug-likeness (QED) is 0.877. The van der Waals surface area contributed by atoms with Crippen LogP contribution in [0.25, 0.3) is 0 Å². The molecule has 27 heavy (non-hydrogen) atoms. The van der Waals surface area contributed by atoms with E-state index in [2.05, 4.69) is 10.4 Å². The Morgan fingerprint density at radius 1 is 1.30 bits per heavy atom. The van der Waals surface area contributed by atoms with Gasteiger partial charge in [-0.1, -0.05) is 29.8 Å². The van der Waals surface area contributed by atoms with Gasteiger partial charge in [0.1, 0.15) is 6.61 Å². The Hall–Kier alpha value is -2.67. The summed E-state index contributed by atoms with van der Waals surface area (Å²) in [7, 11) is 1.71. The monoisotopic (exact) mass is 368 g/mol. The summed E-state index contributed by atoms with van der Waals surface area (Å²) >= 11 is 0. The molecule has 0 bridgehead atoms. The van der Waals surface area contributed by atoms with Gasteiger partial charge in [0.15, 0.2) is 6.10 Å². The first kappa shape index (κ1) is 17.7. The summed E-state index contributed by atoms with van der Waals surface area (Å²) < 4.78 is 7.51. The summed E-state index contributed by atoms with van der Waals surface area (Å²) in [4.78, 5) is 26.6. The van der Waals surface area contributed by atoms with E-state index in [1.807, 2.05) is 42.1 Å². The number of amides is 2. The van der Waals surface area contributed by atoms with Gasteiger partial charge in [0.25, 0.3) is 5.91 Å². The van der Waals surface area contributed by atoms with Crippen molar-refractivity contribution >= 4 is 17.5 Å². The van der Waals surface area contributed by atoms with Gasteiger partial charge in [-0.05, 0) is 31.2 Å². The highest BCUT2D eigenvalue weighted by molar-refractivity contribution is 5.96. The third kappa shape index (κ3) is 3.88. The summed E-state index contributed by atoms with van der Waals surface area (Å²) in [5.41, 5.74) is 2.64. The molecular weight excluding hydrogens is 344 g/mol. The van der Waals surface area contributed by atoms with Gasteiger partial charge in [0, 0.05) is 19.8 Å². The largest absolute Gasteiger partial charge is 0.356 e. The topological polar surface area (TPSA) is 76.5 Å². The second-order valence-corrected chi connectivity index (χ2v) is 7.48. The highest BCUT2D eigenvalue weighted by Crippen LogP contribution is 2.31. The molecule has 0 radical (unpaired) electrons. The number of morpholine rings is 1. The van der Waals surface area contributed by atoms with Gasteiger partial charge < -0.3 is 15.0 Å². The van der Waals surface area contributed by atoms with Crippen LogP contribution in [0.4, 0.5) is 5.69 Å². The van der Waals surface area contributed by atoms with E-state index in [1.54, 1.807) is 18.1 Å². The highest BCUT2D eigenvalue weighted by Gasteiger charge is 2.40. The van der Waals surface area contributed by atoms with Crippen molar-refractivity contribution in [2.45, 2.75) is 38.5 Å². The molecule has 2 heterocycles. The van der Waals surface area contributed by atoms with E-state index in [0.29, 0.717) is 11.6 Å². The average Bonchev–Trinajstić information content (AvgIpc) is 3.36. The lowest BCUT2D eigenvalue weighted by molar-refractivity contribution is -0.160. The molecule has 2 atom stereocenters. The zero-order valence-electron chi connectivity index (χ0n) is 15.6. The van der Waals surface area contributed by atoms with Crippen molar-refractivity contribution in [1.82, 2.24) is 14.7 Å². The number of nitrogens with zero attached hydrogens (tertiary/aromatic N) is 3. The van der Waals surface area contributed by atoms with Gasteiger partial charge in [-0.3, -0.25) is 14.3 Å². The summed E-state index contributed by atoms with van der Waals surface area (Å²) in [6, 6.07) is 7.35. The number of benzene rings is 1. The molecular formula is C20H24N4O3. The molecule has 2 unspecified atom stereocenters. The Balaban J connectivity index is 1.51. The Morgan fingerprint density at radius 2 is 2.04 bits per heavy atom. The van der Waals surface area contributed by atoms with Crippen molar-refractivity contribution in [3.63, 3.8) is 0 Å². The van der Waals surface area contributed by atoms with Crippen LogP contribution in [0.2, 0.25) is 0 Å². The lowest BCUT2D eigenvalue weighted by Gasteiger charge is -2.38. The van der Waals surface area contributed by atoms with E-state index in [0.717, 1.165) is 17.7 Å². The fraction of sp³-hybridized carbons (Fsp3) is 0.450. The summed E-state index contributed by atoms with van der Waals surface area (Å²) in [5, 5.41) is 7.19. The van der Waals surface area contributed by atoms with Crippen LogP contribution in [-0.2, 0) is 20.9 Å². The first-order chi connectivity index (χ1) is 13.0. The molecule has 7 nitrogen and oxygen atoms in total. The van der Waals surface area contributed by atoms with E-state index < -0.39 is 12.1 Å². The highest BCUT2D eigenvalue weighted by atomic mass is 16.5. The van der Waals surface area contributed by atoms with Crippen molar-refractivity contribution in [2.75, 3.05) is 19.0 Å². The van der Waals surface area contributed by atoms with Crippen molar-refractivity contribution in [1.29, 1.82) is 0 Å². The molecule has 1 aromatic heterocycles. The molecule has 1 aliphatic carbocycles. The number of nitrogens with one attached hydrogen (secondary N) is 1. The molecule has 142 valence electrons. The number of carbonyl (C=O) groups is 2. The van der Waals surface area contributed by atoms with E-state index in [4.69, 9.17) is 4.74 Å². The van der Waals surface area contributed by atoms with Crippen LogP contribution in [0, 0.1) is 12.8 Å². The number of anilines is 1. The van der Waals surface area contributed by atoms with Gasteiger partial charge in [-0.15, -0.1) is 0 Å². The number of hydrogen-bond donors (Lipinski definition) is 1. The van der Waals surface area contributed by atoms with Gasteiger partial charge >= 0.3 is 0 Å². The van der Waals surface area contributed by atoms with Gasteiger partial charge in [0.05, 0.1) is 17.9 Å². The number of aromatic nitrogens is 2. The third-order valence-corrected chi connectivity index (χ3v) is 5.20. The molecule has 1 aliphatic heterocycles. The maximum atomic E-state index is 12.9. The van der Waals surface area contributed by atoms with Crippen LogP contribution in [0.5, 0.6) is 0 Å². The maximum Gasteiger partial charge on any atom is 0.256 e. The Bertz CT molecular complexity index is 841. The van der Waals surface area contributed by atoms with Crippen LogP contribution in [-0.4, -0.2) is 46.3 Å². The van der Waals surface area contributed by atoms with Crippen LogP contribution in [0.1, 0.15) is 30.0 Å². The molecule has 1 saturated carbocycles. The Kier molecular flexibility index (Phi) is 4.70. The fourth-order valence-electron chi connectivity index (χ4n) is 3.40. The predicted octanol–water partition coefficient (Wildman–Crippen LogP) is 2.14. The molecule has 2 aromatic rings. The van der Waals surface area contributed by atoms with E-state index in [1.165, 1.54) is 12.8 Å². The maximum absolute atomic E-state index is 12.9. The summed E-state index contributed by atoms with van der Waals surface area (Å²) in [6.07, 6.45) is 5.21. The minimum absolute atomic E-state index is 0.0993. The molecule has 1 saturated heterocycles. The zero-order valence-corrected chi connectivity index (χ0v) is 15.6. The molecule has 1 aromatic carbocycles. The molecule has 7 heteroatoms. The van der Waals surface area contributed by atoms with Crippen LogP contribution >= 0.6 is 0 Å². The van der Waals surface area contributed by atoms with Crippen LogP contribution < -0.4 is 5.32 Å². The molecule has 0 spiro atoms. The van der Waals surface area contributed by atoms with Crippen molar-refractivity contribution in [2.24, 2.45) is 5.92 Å². The second kappa shape index (κ2) is 7.15. The number of aryl methyl sites for hydroxylation is 1. The smallest absolute Gasteiger partial charge is 0.256 e. The van der Waals surface area contributed by atoms with E-state index >= 15 is 0 Å². The fourth-order valence-corrected chi connectivity index (χ4v) is 3.40.